The molecule has 0 fully saturated rings. The fourth-order valence-electron chi connectivity index (χ4n) is 1.23. The van der Waals surface area contributed by atoms with Crippen molar-refractivity contribution in [3.05, 3.63) is 34.3 Å². The molecule has 1 rings (SSSR count). The zero-order valence-corrected chi connectivity index (χ0v) is 13.0. The van der Waals surface area contributed by atoms with Gasteiger partial charge in [-0.25, -0.2) is 8.42 Å². The topological polar surface area (TPSA) is 68.3 Å². The lowest BCUT2D eigenvalue weighted by Gasteiger charge is -2.03. The van der Waals surface area contributed by atoms with Gasteiger partial charge in [0.2, 0.25) is 0 Å². The Morgan fingerprint density at radius 1 is 1.33 bits per heavy atom. The number of rotatable bonds is 6. The quantitative estimate of drug-likeness (QED) is 0.726. The highest BCUT2D eigenvalue weighted by Gasteiger charge is 2.14. The molecule has 18 heavy (non-hydrogen) atoms. The predicted octanol–water partition coefficient (Wildman–Crippen LogP) is 1.43. The fourth-order valence-corrected chi connectivity index (χ4v) is 4.28. The van der Waals surface area contributed by atoms with Crippen molar-refractivity contribution in [2.45, 2.75) is 0 Å². The van der Waals surface area contributed by atoms with Gasteiger partial charge in [0.1, 0.15) is 9.84 Å². The summed E-state index contributed by atoms with van der Waals surface area (Å²) in [5.74, 6) is -0.579. The van der Waals surface area contributed by atoms with Crippen LogP contribution in [0.5, 0.6) is 0 Å². The normalized spacial score (nSPS) is 13.2. The van der Waals surface area contributed by atoms with E-state index in [0.29, 0.717) is 10.0 Å². The SMILES string of the molecule is CS(=O)(=O)CCS(=O)CC(=O)c1ccccc1Br. The summed E-state index contributed by atoms with van der Waals surface area (Å²) in [4.78, 5) is 11.8. The Bertz CT molecular complexity index is 566. The molecule has 0 radical (unpaired) electrons. The van der Waals surface area contributed by atoms with E-state index in [1.54, 1.807) is 24.3 Å². The van der Waals surface area contributed by atoms with E-state index in [1.165, 1.54) is 0 Å². The van der Waals surface area contributed by atoms with Crippen LogP contribution in [0.3, 0.4) is 0 Å². The molecule has 7 heteroatoms. The van der Waals surface area contributed by atoms with E-state index in [2.05, 4.69) is 15.9 Å². The highest BCUT2D eigenvalue weighted by molar-refractivity contribution is 9.10. The largest absolute Gasteiger partial charge is 0.293 e. The Labute approximate surface area is 117 Å². The molecule has 0 heterocycles. The van der Waals surface area contributed by atoms with Gasteiger partial charge in [0, 0.05) is 32.8 Å². The number of Topliss-reactive ketones (excluding diaryl/α,β-unsaturated/α-hetero) is 1. The third-order valence-electron chi connectivity index (χ3n) is 2.15. The molecular formula is C11H13BrO4S2. The summed E-state index contributed by atoms with van der Waals surface area (Å²) < 4.78 is 34.1. The van der Waals surface area contributed by atoms with Crippen molar-refractivity contribution in [2.75, 3.05) is 23.5 Å². The molecule has 0 saturated heterocycles. The molecule has 1 aromatic carbocycles. The van der Waals surface area contributed by atoms with Crippen molar-refractivity contribution in [3.63, 3.8) is 0 Å². The molecule has 0 aliphatic rings. The van der Waals surface area contributed by atoms with Gasteiger partial charge in [-0.05, 0) is 6.07 Å². The van der Waals surface area contributed by atoms with Crippen LogP contribution in [0, 0.1) is 0 Å². The standard InChI is InChI=1S/C11H13BrO4S2/c1-18(15,16)7-6-17(14)8-11(13)9-4-2-3-5-10(9)12/h2-5H,6-8H2,1H3. The average Bonchev–Trinajstić information content (AvgIpc) is 2.26. The van der Waals surface area contributed by atoms with E-state index < -0.39 is 20.6 Å². The smallest absolute Gasteiger partial charge is 0.176 e. The maximum absolute atomic E-state index is 11.8. The summed E-state index contributed by atoms with van der Waals surface area (Å²) in [6.07, 6.45) is 1.08. The molecule has 4 nitrogen and oxygen atoms in total. The molecule has 0 bridgehead atoms. The van der Waals surface area contributed by atoms with E-state index in [1.807, 2.05) is 0 Å². The molecular weight excluding hydrogens is 340 g/mol. The first-order chi connectivity index (χ1) is 8.29. The van der Waals surface area contributed by atoms with Crippen LogP contribution in [0.15, 0.2) is 28.7 Å². The number of sulfone groups is 1. The Morgan fingerprint density at radius 3 is 2.50 bits per heavy atom. The van der Waals surface area contributed by atoms with Crippen molar-refractivity contribution < 1.29 is 17.4 Å². The second kappa shape index (κ2) is 6.58. The molecule has 0 aromatic heterocycles. The second-order valence-electron chi connectivity index (χ2n) is 3.82. The number of hydrogen-bond acceptors (Lipinski definition) is 4. The van der Waals surface area contributed by atoms with Crippen LogP contribution in [-0.2, 0) is 20.6 Å². The van der Waals surface area contributed by atoms with Crippen LogP contribution in [0.2, 0.25) is 0 Å². The third kappa shape index (κ3) is 5.41. The van der Waals surface area contributed by atoms with E-state index in [4.69, 9.17) is 0 Å². The fraction of sp³-hybridized carbons (Fsp3) is 0.364. The average molecular weight is 353 g/mol. The first-order valence-electron chi connectivity index (χ1n) is 5.10. The lowest BCUT2D eigenvalue weighted by atomic mass is 10.1. The highest BCUT2D eigenvalue weighted by atomic mass is 79.9. The summed E-state index contributed by atoms with van der Waals surface area (Å²) in [7, 11) is -4.60. The Morgan fingerprint density at radius 2 is 1.94 bits per heavy atom. The van der Waals surface area contributed by atoms with Crippen molar-refractivity contribution >= 4 is 42.4 Å². The van der Waals surface area contributed by atoms with Gasteiger partial charge in [-0.1, -0.05) is 34.1 Å². The van der Waals surface area contributed by atoms with Crippen LogP contribution in [0.25, 0.3) is 0 Å². The van der Waals surface area contributed by atoms with Crippen molar-refractivity contribution in [2.24, 2.45) is 0 Å². The van der Waals surface area contributed by atoms with E-state index in [-0.39, 0.29) is 23.0 Å². The van der Waals surface area contributed by atoms with Crippen LogP contribution < -0.4 is 0 Å². The van der Waals surface area contributed by atoms with Gasteiger partial charge >= 0.3 is 0 Å². The molecule has 1 aromatic rings. The van der Waals surface area contributed by atoms with Crippen LogP contribution in [0.1, 0.15) is 10.4 Å². The molecule has 0 N–H and O–H groups in total. The van der Waals surface area contributed by atoms with Crippen LogP contribution >= 0.6 is 15.9 Å². The zero-order valence-electron chi connectivity index (χ0n) is 9.76. The Kier molecular flexibility index (Phi) is 5.68. The van der Waals surface area contributed by atoms with Gasteiger partial charge < -0.3 is 0 Å². The summed E-state index contributed by atoms with van der Waals surface area (Å²) in [5, 5.41) is 0. The van der Waals surface area contributed by atoms with E-state index in [0.717, 1.165) is 6.26 Å². The lowest BCUT2D eigenvalue weighted by Crippen LogP contribution is -2.18. The zero-order chi connectivity index (χ0) is 13.8. The summed E-state index contributed by atoms with van der Waals surface area (Å²) in [6, 6.07) is 6.87. The number of carbonyl (C=O) groups is 1. The minimum atomic E-state index is -3.14. The monoisotopic (exact) mass is 352 g/mol. The Balaban J connectivity index is 2.61. The van der Waals surface area contributed by atoms with Crippen molar-refractivity contribution in [1.29, 1.82) is 0 Å². The van der Waals surface area contributed by atoms with Gasteiger partial charge in [-0.2, -0.15) is 0 Å². The van der Waals surface area contributed by atoms with Gasteiger partial charge in [0.15, 0.2) is 5.78 Å². The molecule has 0 spiro atoms. The number of hydrogen-bond donors (Lipinski definition) is 0. The molecule has 0 saturated carbocycles. The van der Waals surface area contributed by atoms with Gasteiger partial charge in [-0.3, -0.25) is 9.00 Å². The van der Waals surface area contributed by atoms with Crippen molar-refractivity contribution in [3.8, 4) is 0 Å². The van der Waals surface area contributed by atoms with Gasteiger partial charge in [-0.15, -0.1) is 0 Å². The summed E-state index contributed by atoms with van der Waals surface area (Å²) in [5.41, 5.74) is 0.463. The lowest BCUT2D eigenvalue weighted by molar-refractivity contribution is 0.102. The maximum Gasteiger partial charge on any atom is 0.176 e. The van der Waals surface area contributed by atoms with Crippen molar-refractivity contribution in [1.82, 2.24) is 0 Å². The first-order valence-corrected chi connectivity index (χ1v) is 9.44. The maximum atomic E-state index is 11.8. The number of carbonyl (C=O) groups excluding carboxylic acids is 1. The van der Waals surface area contributed by atoms with Gasteiger partial charge in [0.25, 0.3) is 0 Å². The molecule has 1 atom stereocenters. The molecule has 0 aliphatic heterocycles. The Hall–Kier alpha value is -0.530. The number of ketones is 1. The van der Waals surface area contributed by atoms with Gasteiger partial charge in [0.05, 0.1) is 11.5 Å². The third-order valence-corrected chi connectivity index (χ3v) is 5.29. The van der Waals surface area contributed by atoms with E-state index in [9.17, 15) is 17.4 Å². The first kappa shape index (κ1) is 15.5. The summed E-state index contributed by atoms with van der Waals surface area (Å²) in [6.45, 7) is 0. The van der Waals surface area contributed by atoms with E-state index >= 15 is 0 Å². The number of halogens is 1. The minimum Gasteiger partial charge on any atom is -0.293 e. The predicted molar refractivity (Wildman–Crippen MR) is 76.1 cm³/mol. The molecule has 0 aliphatic carbocycles. The molecule has 100 valence electrons. The molecule has 0 amide bonds. The summed E-state index contributed by atoms with van der Waals surface area (Å²) >= 11 is 3.24. The number of benzene rings is 1. The molecule has 1 unspecified atom stereocenters. The highest BCUT2D eigenvalue weighted by Crippen LogP contribution is 2.16. The second-order valence-corrected chi connectivity index (χ2v) is 8.51. The minimum absolute atomic E-state index is 0.00493. The van der Waals surface area contributed by atoms with Crippen LogP contribution in [0.4, 0.5) is 0 Å². The van der Waals surface area contributed by atoms with Crippen LogP contribution in [-0.4, -0.2) is 41.9 Å².